The SMILES string of the molecule is COC(=O)CN(C)[C@H]1CCc2c(-c3noc(-c4ccc(OC(C)C)c(C#N)c4)n3)cccc21. The van der Waals surface area contributed by atoms with Crippen molar-refractivity contribution in [3.63, 3.8) is 0 Å². The fraction of sp³-hybridized carbons (Fsp3) is 0.360. The van der Waals surface area contributed by atoms with Crippen molar-refractivity contribution in [1.29, 1.82) is 5.26 Å². The zero-order valence-corrected chi connectivity index (χ0v) is 19.2. The van der Waals surface area contributed by atoms with Gasteiger partial charge < -0.3 is 14.0 Å². The standard InChI is InChI=1S/C25H26N4O4/c1-15(2)32-22-11-8-16(12-17(22)13-26)25-27-24(28-33-25)20-7-5-6-19-18(20)9-10-21(19)29(3)14-23(30)31-4/h5-8,11-12,15,21H,9-10,14H2,1-4H3/t21-/m0/s1. The highest BCUT2D eigenvalue weighted by atomic mass is 16.5. The number of ether oxygens (including phenoxy) is 2. The lowest BCUT2D eigenvalue weighted by atomic mass is 10.0. The van der Waals surface area contributed by atoms with E-state index in [1.807, 2.05) is 44.0 Å². The molecule has 8 nitrogen and oxygen atoms in total. The number of aromatic nitrogens is 2. The second-order valence-corrected chi connectivity index (χ2v) is 8.33. The molecular weight excluding hydrogens is 420 g/mol. The third-order valence-corrected chi connectivity index (χ3v) is 5.75. The van der Waals surface area contributed by atoms with Gasteiger partial charge in [0.05, 0.1) is 25.3 Å². The van der Waals surface area contributed by atoms with Crippen LogP contribution in [-0.4, -0.2) is 47.8 Å². The van der Waals surface area contributed by atoms with Crippen LogP contribution < -0.4 is 4.74 Å². The lowest BCUT2D eigenvalue weighted by molar-refractivity contribution is -0.142. The van der Waals surface area contributed by atoms with Crippen molar-refractivity contribution < 1.29 is 18.8 Å². The summed E-state index contributed by atoms with van der Waals surface area (Å²) in [7, 11) is 3.32. The summed E-state index contributed by atoms with van der Waals surface area (Å²) in [4.78, 5) is 18.3. The summed E-state index contributed by atoms with van der Waals surface area (Å²) in [5.41, 5.74) is 4.30. The second kappa shape index (κ2) is 9.43. The lowest BCUT2D eigenvalue weighted by Crippen LogP contribution is -2.29. The number of likely N-dealkylation sites (N-methyl/N-ethyl adjacent to an activating group) is 1. The number of carbonyl (C=O) groups excluding carboxylic acids is 1. The molecular formula is C25H26N4O4. The number of esters is 1. The highest BCUT2D eigenvalue weighted by Crippen LogP contribution is 2.40. The Kier molecular flexibility index (Phi) is 6.43. The molecule has 1 atom stereocenters. The van der Waals surface area contributed by atoms with Crippen molar-refractivity contribution >= 4 is 5.97 Å². The predicted molar refractivity (Wildman–Crippen MR) is 121 cm³/mol. The van der Waals surface area contributed by atoms with E-state index in [1.54, 1.807) is 12.1 Å². The number of carbonyl (C=O) groups is 1. The minimum absolute atomic E-state index is 0.0337. The zero-order valence-electron chi connectivity index (χ0n) is 19.2. The molecule has 0 aliphatic heterocycles. The van der Waals surface area contributed by atoms with Crippen LogP contribution in [0, 0.1) is 11.3 Å². The van der Waals surface area contributed by atoms with Crippen molar-refractivity contribution in [3.8, 4) is 34.7 Å². The van der Waals surface area contributed by atoms with Gasteiger partial charge in [-0.05, 0) is 63.1 Å². The molecule has 0 amide bonds. The number of nitrogens with zero attached hydrogens (tertiary/aromatic N) is 4. The van der Waals surface area contributed by atoms with Crippen LogP contribution in [0.3, 0.4) is 0 Å². The molecule has 1 aliphatic carbocycles. The molecule has 0 saturated carbocycles. The van der Waals surface area contributed by atoms with Crippen LogP contribution in [0.4, 0.5) is 0 Å². The summed E-state index contributed by atoms with van der Waals surface area (Å²) in [6, 6.07) is 13.6. The number of fused-ring (bicyclic) bond motifs is 1. The minimum Gasteiger partial charge on any atom is -0.490 e. The van der Waals surface area contributed by atoms with E-state index in [0.717, 1.165) is 29.5 Å². The van der Waals surface area contributed by atoms with E-state index < -0.39 is 0 Å². The van der Waals surface area contributed by atoms with Gasteiger partial charge in [0.2, 0.25) is 5.82 Å². The Bertz CT molecular complexity index is 1210. The molecule has 170 valence electrons. The van der Waals surface area contributed by atoms with E-state index in [9.17, 15) is 10.1 Å². The van der Waals surface area contributed by atoms with Crippen molar-refractivity contribution in [1.82, 2.24) is 15.0 Å². The Morgan fingerprint density at radius 2 is 2.15 bits per heavy atom. The monoisotopic (exact) mass is 446 g/mol. The number of methoxy groups -OCH3 is 1. The molecule has 2 aromatic carbocycles. The molecule has 1 aromatic heterocycles. The number of benzene rings is 2. The molecule has 0 fully saturated rings. The Morgan fingerprint density at radius 3 is 2.88 bits per heavy atom. The van der Waals surface area contributed by atoms with E-state index in [1.165, 1.54) is 7.11 Å². The van der Waals surface area contributed by atoms with E-state index in [-0.39, 0.29) is 24.7 Å². The first kappa shape index (κ1) is 22.5. The summed E-state index contributed by atoms with van der Waals surface area (Å²) in [6.07, 6.45) is 1.72. The maximum Gasteiger partial charge on any atom is 0.319 e. The average molecular weight is 447 g/mol. The van der Waals surface area contributed by atoms with Gasteiger partial charge in [0.25, 0.3) is 5.89 Å². The summed E-state index contributed by atoms with van der Waals surface area (Å²) >= 11 is 0. The van der Waals surface area contributed by atoms with Gasteiger partial charge in [0, 0.05) is 17.2 Å². The van der Waals surface area contributed by atoms with E-state index in [4.69, 9.17) is 14.0 Å². The number of hydrogen-bond acceptors (Lipinski definition) is 8. The normalized spacial score (nSPS) is 14.9. The van der Waals surface area contributed by atoms with E-state index in [0.29, 0.717) is 28.6 Å². The predicted octanol–water partition coefficient (Wildman–Crippen LogP) is 4.15. The third kappa shape index (κ3) is 4.59. The van der Waals surface area contributed by atoms with Crippen LogP contribution in [0.2, 0.25) is 0 Å². The van der Waals surface area contributed by atoms with Gasteiger partial charge in [-0.1, -0.05) is 23.4 Å². The van der Waals surface area contributed by atoms with Crippen molar-refractivity contribution in [2.45, 2.75) is 38.8 Å². The Hall–Kier alpha value is -3.70. The Labute approximate surface area is 192 Å². The van der Waals surface area contributed by atoms with Gasteiger partial charge in [-0.25, -0.2) is 0 Å². The first-order chi connectivity index (χ1) is 15.9. The molecule has 1 heterocycles. The maximum atomic E-state index is 11.7. The molecule has 4 rings (SSSR count). The van der Waals surface area contributed by atoms with Gasteiger partial charge in [-0.2, -0.15) is 10.2 Å². The molecule has 1 aliphatic rings. The topological polar surface area (TPSA) is 101 Å². The summed E-state index contributed by atoms with van der Waals surface area (Å²) in [6.45, 7) is 4.06. The first-order valence-corrected chi connectivity index (χ1v) is 10.8. The fourth-order valence-electron chi connectivity index (χ4n) is 4.24. The molecule has 0 spiro atoms. The summed E-state index contributed by atoms with van der Waals surface area (Å²) in [5.74, 6) is 1.11. The molecule has 0 saturated heterocycles. The third-order valence-electron chi connectivity index (χ3n) is 5.75. The van der Waals surface area contributed by atoms with Crippen LogP contribution in [0.25, 0.3) is 22.8 Å². The molecule has 0 N–H and O–H groups in total. The van der Waals surface area contributed by atoms with Crippen LogP contribution in [0.5, 0.6) is 5.75 Å². The smallest absolute Gasteiger partial charge is 0.319 e. The molecule has 0 radical (unpaired) electrons. The summed E-state index contributed by atoms with van der Waals surface area (Å²) < 4.78 is 16.0. The highest BCUT2D eigenvalue weighted by molar-refractivity contribution is 5.72. The Balaban J connectivity index is 1.62. The van der Waals surface area contributed by atoms with Crippen molar-refractivity contribution in [2.24, 2.45) is 0 Å². The van der Waals surface area contributed by atoms with Crippen molar-refractivity contribution in [3.05, 3.63) is 53.1 Å². The molecule has 3 aromatic rings. The molecule has 8 heteroatoms. The van der Waals surface area contributed by atoms with E-state index in [2.05, 4.69) is 22.3 Å². The maximum absolute atomic E-state index is 11.7. The highest BCUT2D eigenvalue weighted by Gasteiger charge is 2.30. The Morgan fingerprint density at radius 1 is 1.33 bits per heavy atom. The largest absolute Gasteiger partial charge is 0.490 e. The van der Waals surface area contributed by atoms with Gasteiger partial charge in [-0.3, -0.25) is 9.69 Å². The van der Waals surface area contributed by atoms with Gasteiger partial charge in [0.1, 0.15) is 11.8 Å². The molecule has 33 heavy (non-hydrogen) atoms. The van der Waals surface area contributed by atoms with Crippen LogP contribution >= 0.6 is 0 Å². The molecule has 0 unspecified atom stereocenters. The number of hydrogen-bond donors (Lipinski definition) is 0. The quantitative estimate of drug-likeness (QED) is 0.499. The number of rotatable bonds is 7. The van der Waals surface area contributed by atoms with Gasteiger partial charge >= 0.3 is 5.97 Å². The zero-order chi connectivity index (χ0) is 23.5. The van der Waals surface area contributed by atoms with Crippen LogP contribution in [0.15, 0.2) is 40.9 Å². The van der Waals surface area contributed by atoms with Crippen LogP contribution in [-0.2, 0) is 16.0 Å². The van der Waals surface area contributed by atoms with E-state index >= 15 is 0 Å². The van der Waals surface area contributed by atoms with Crippen LogP contribution in [0.1, 0.15) is 43.0 Å². The second-order valence-electron chi connectivity index (χ2n) is 8.33. The first-order valence-electron chi connectivity index (χ1n) is 10.8. The minimum atomic E-state index is -0.258. The lowest BCUT2D eigenvalue weighted by Gasteiger charge is -2.24. The average Bonchev–Trinajstić information content (AvgIpc) is 3.46. The number of nitriles is 1. The van der Waals surface area contributed by atoms with Crippen molar-refractivity contribution in [2.75, 3.05) is 20.7 Å². The summed E-state index contributed by atoms with van der Waals surface area (Å²) in [5, 5.41) is 13.7. The fourth-order valence-corrected chi connectivity index (χ4v) is 4.24. The van der Waals surface area contributed by atoms with Gasteiger partial charge in [0.15, 0.2) is 0 Å². The molecule has 0 bridgehead atoms. The van der Waals surface area contributed by atoms with Gasteiger partial charge in [-0.15, -0.1) is 0 Å².